The van der Waals surface area contributed by atoms with E-state index in [2.05, 4.69) is 4.98 Å². The number of aryl methyl sites for hydroxylation is 2. The lowest BCUT2D eigenvalue weighted by molar-refractivity contribution is 0.0697. The predicted molar refractivity (Wildman–Crippen MR) is 141 cm³/mol. The average Bonchev–Trinajstić information content (AvgIpc) is 3.33. The number of carboxylic acid groups (broad SMARTS) is 1. The molecule has 4 aromatic rings. The number of fused-ring (bicyclic) bond motifs is 1. The number of aromatic nitrogens is 3. The molecular formula is C28H29N3O6. The highest BCUT2D eigenvalue weighted by Crippen LogP contribution is 2.41. The molecule has 2 aromatic carbocycles. The van der Waals surface area contributed by atoms with Crippen molar-refractivity contribution < 1.29 is 28.8 Å². The molecule has 0 unspecified atom stereocenters. The van der Waals surface area contributed by atoms with Crippen LogP contribution >= 0.6 is 0 Å². The van der Waals surface area contributed by atoms with Gasteiger partial charge in [-0.15, -0.1) is 0 Å². The van der Waals surface area contributed by atoms with Gasteiger partial charge in [0.15, 0.2) is 23.0 Å². The Kier molecular flexibility index (Phi) is 7.62. The van der Waals surface area contributed by atoms with E-state index in [0.717, 1.165) is 5.82 Å². The summed E-state index contributed by atoms with van der Waals surface area (Å²) in [7, 11) is 8.10. The molecule has 4 rings (SSSR count). The largest absolute Gasteiger partial charge is 0.493 e. The first kappa shape index (κ1) is 25.6. The van der Waals surface area contributed by atoms with E-state index in [1.807, 2.05) is 23.9 Å². The number of aromatic carboxylic acids is 1. The number of imidazole rings is 1. The number of carbonyl (C=O) groups is 1. The first-order chi connectivity index (χ1) is 17.9. The van der Waals surface area contributed by atoms with Crippen molar-refractivity contribution in [3.63, 3.8) is 0 Å². The van der Waals surface area contributed by atoms with E-state index in [1.54, 1.807) is 56.8 Å². The van der Waals surface area contributed by atoms with Gasteiger partial charge < -0.3 is 28.6 Å². The second kappa shape index (κ2) is 11.0. The number of hydrogen-bond donors (Lipinski definition) is 1. The summed E-state index contributed by atoms with van der Waals surface area (Å²) < 4.78 is 23.8. The fraction of sp³-hybridized carbons (Fsp3) is 0.250. The van der Waals surface area contributed by atoms with Crippen LogP contribution in [-0.2, 0) is 13.5 Å². The van der Waals surface area contributed by atoms with Crippen molar-refractivity contribution in [3.05, 3.63) is 65.9 Å². The summed E-state index contributed by atoms with van der Waals surface area (Å²) in [5, 5.41) is 11.0. The smallest absolute Gasteiger partial charge is 0.338 e. The standard InChI is InChI=1S/C28H29N3O6/c1-31-13-12-29-25(31)9-7-6-8-19-27(28(32)33)26(17-10-11-21(34-2)22(14-17)35-3)18-15-23(36-4)24(37-5)16-20(18)30-19/h6,8,10-16H,7,9H2,1-5H3,(H,32,33). The number of methoxy groups -OCH3 is 4. The number of benzene rings is 2. The van der Waals surface area contributed by atoms with E-state index in [9.17, 15) is 9.90 Å². The zero-order valence-electron chi connectivity index (χ0n) is 21.4. The Bertz CT molecular complexity index is 1470. The third-order valence-corrected chi connectivity index (χ3v) is 6.14. The van der Waals surface area contributed by atoms with Crippen LogP contribution in [-0.4, -0.2) is 54.1 Å². The molecule has 0 fully saturated rings. The van der Waals surface area contributed by atoms with E-state index in [4.69, 9.17) is 23.9 Å². The summed E-state index contributed by atoms with van der Waals surface area (Å²) in [6, 6.07) is 8.79. The Morgan fingerprint density at radius 3 is 2.27 bits per heavy atom. The van der Waals surface area contributed by atoms with Crippen molar-refractivity contribution in [2.75, 3.05) is 28.4 Å². The van der Waals surface area contributed by atoms with Gasteiger partial charge in [-0.25, -0.2) is 14.8 Å². The minimum absolute atomic E-state index is 0.0696. The van der Waals surface area contributed by atoms with E-state index < -0.39 is 5.97 Å². The molecule has 0 bridgehead atoms. The van der Waals surface area contributed by atoms with Crippen molar-refractivity contribution in [1.29, 1.82) is 0 Å². The van der Waals surface area contributed by atoms with E-state index in [-0.39, 0.29) is 5.56 Å². The van der Waals surface area contributed by atoms with Gasteiger partial charge in [0.1, 0.15) is 5.82 Å². The molecule has 0 aliphatic heterocycles. The van der Waals surface area contributed by atoms with Crippen LogP contribution in [0.1, 0.15) is 28.3 Å². The fourth-order valence-electron chi connectivity index (χ4n) is 4.28. The molecule has 0 aliphatic carbocycles. The minimum atomic E-state index is -1.10. The number of rotatable bonds is 10. The normalized spacial score (nSPS) is 11.2. The zero-order valence-corrected chi connectivity index (χ0v) is 21.4. The molecule has 1 N–H and O–H groups in total. The zero-order chi connectivity index (χ0) is 26.5. The lowest BCUT2D eigenvalue weighted by atomic mass is 9.93. The third-order valence-electron chi connectivity index (χ3n) is 6.14. The van der Waals surface area contributed by atoms with Crippen molar-refractivity contribution in [3.8, 4) is 34.1 Å². The fourth-order valence-corrected chi connectivity index (χ4v) is 4.28. The summed E-state index contributed by atoms with van der Waals surface area (Å²) in [5.74, 6) is 1.82. The van der Waals surface area contributed by atoms with E-state index in [0.29, 0.717) is 63.6 Å². The maximum absolute atomic E-state index is 12.7. The summed E-state index contributed by atoms with van der Waals surface area (Å²) in [6.07, 6.45) is 8.68. The van der Waals surface area contributed by atoms with Gasteiger partial charge in [0.05, 0.1) is 45.2 Å². The van der Waals surface area contributed by atoms with Crippen molar-refractivity contribution in [2.24, 2.45) is 7.05 Å². The molecule has 0 saturated carbocycles. The first-order valence-corrected chi connectivity index (χ1v) is 11.6. The Hall–Kier alpha value is -4.53. The first-order valence-electron chi connectivity index (χ1n) is 11.6. The van der Waals surface area contributed by atoms with Gasteiger partial charge in [-0.1, -0.05) is 12.1 Å². The van der Waals surface area contributed by atoms with Gasteiger partial charge in [0.25, 0.3) is 0 Å². The Morgan fingerprint density at radius 1 is 0.973 bits per heavy atom. The minimum Gasteiger partial charge on any atom is -0.493 e. The van der Waals surface area contributed by atoms with Gasteiger partial charge in [-0.3, -0.25) is 0 Å². The number of pyridine rings is 1. The van der Waals surface area contributed by atoms with E-state index in [1.165, 1.54) is 14.2 Å². The molecule has 9 nitrogen and oxygen atoms in total. The second-order valence-electron chi connectivity index (χ2n) is 8.24. The average molecular weight is 504 g/mol. The van der Waals surface area contributed by atoms with Crippen LogP contribution in [0.5, 0.6) is 23.0 Å². The van der Waals surface area contributed by atoms with Crippen LogP contribution in [0, 0.1) is 0 Å². The monoisotopic (exact) mass is 503 g/mol. The number of carboxylic acids is 1. The molecule has 0 atom stereocenters. The van der Waals surface area contributed by atoms with Gasteiger partial charge in [0, 0.05) is 42.9 Å². The molecule has 0 spiro atoms. The summed E-state index contributed by atoms with van der Waals surface area (Å²) in [5.41, 5.74) is 2.09. The van der Waals surface area contributed by atoms with Crippen LogP contribution in [0.3, 0.4) is 0 Å². The van der Waals surface area contributed by atoms with Crippen LogP contribution in [0.4, 0.5) is 0 Å². The summed E-state index contributed by atoms with van der Waals surface area (Å²) in [6.45, 7) is 0. The lowest BCUT2D eigenvalue weighted by Gasteiger charge is -2.17. The van der Waals surface area contributed by atoms with Gasteiger partial charge in [0.2, 0.25) is 0 Å². The molecule has 0 saturated heterocycles. The van der Waals surface area contributed by atoms with Crippen LogP contribution in [0.15, 0.2) is 48.8 Å². The molecular weight excluding hydrogens is 474 g/mol. The number of ether oxygens (including phenoxy) is 4. The molecule has 2 heterocycles. The van der Waals surface area contributed by atoms with Gasteiger partial charge in [-0.05, 0) is 36.3 Å². The van der Waals surface area contributed by atoms with Crippen LogP contribution in [0.25, 0.3) is 28.1 Å². The van der Waals surface area contributed by atoms with Gasteiger partial charge >= 0.3 is 5.97 Å². The summed E-state index contributed by atoms with van der Waals surface area (Å²) >= 11 is 0. The SMILES string of the molecule is COc1ccc(-c2c(C(=O)O)c(C=CCCc3nccn3C)nc3cc(OC)c(OC)cc23)cc1OC. The number of allylic oxidation sites excluding steroid dienone is 1. The Labute approximate surface area is 214 Å². The summed E-state index contributed by atoms with van der Waals surface area (Å²) in [4.78, 5) is 21.7. The Morgan fingerprint density at radius 2 is 1.65 bits per heavy atom. The van der Waals surface area contributed by atoms with Crippen LogP contribution in [0.2, 0.25) is 0 Å². The quantitative estimate of drug-likeness (QED) is 0.322. The molecule has 2 aromatic heterocycles. The maximum Gasteiger partial charge on any atom is 0.338 e. The van der Waals surface area contributed by atoms with Crippen molar-refractivity contribution in [1.82, 2.24) is 14.5 Å². The second-order valence-corrected chi connectivity index (χ2v) is 8.24. The highest BCUT2D eigenvalue weighted by molar-refractivity contribution is 6.09. The predicted octanol–water partition coefficient (Wildman–Crippen LogP) is 5.01. The molecule has 0 amide bonds. The van der Waals surface area contributed by atoms with E-state index >= 15 is 0 Å². The number of hydrogen-bond acceptors (Lipinski definition) is 7. The highest BCUT2D eigenvalue weighted by Gasteiger charge is 2.23. The van der Waals surface area contributed by atoms with Crippen LogP contribution < -0.4 is 18.9 Å². The molecule has 37 heavy (non-hydrogen) atoms. The topological polar surface area (TPSA) is 105 Å². The number of nitrogens with zero attached hydrogens (tertiary/aromatic N) is 3. The molecule has 192 valence electrons. The third kappa shape index (κ3) is 5.06. The van der Waals surface area contributed by atoms with Gasteiger partial charge in [-0.2, -0.15) is 0 Å². The highest BCUT2D eigenvalue weighted by atomic mass is 16.5. The maximum atomic E-state index is 12.7. The molecule has 9 heteroatoms. The van der Waals surface area contributed by atoms with Crippen molar-refractivity contribution in [2.45, 2.75) is 12.8 Å². The van der Waals surface area contributed by atoms with Crippen molar-refractivity contribution >= 4 is 22.9 Å². The molecule has 0 aliphatic rings. The lowest BCUT2D eigenvalue weighted by Crippen LogP contribution is -2.07. The molecule has 0 radical (unpaired) electrons. The Balaban J connectivity index is 1.93.